The van der Waals surface area contributed by atoms with Crippen LogP contribution in [0.2, 0.25) is 0 Å². The van der Waals surface area contributed by atoms with E-state index in [-0.39, 0.29) is 0 Å². The molecule has 2 rings (SSSR count). The molecule has 0 bridgehead atoms. The fourth-order valence-electron chi connectivity index (χ4n) is 1.06. The van der Waals surface area contributed by atoms with E-state index in [0.717, 1.165) is 17.4 Å². The van der Waals surface area contributed by atoms with Crippen molar-refractivity contribution < 1.29 is 4.79 Å². The van der Waals surface area contributed by atoms with Crippen LogP contribution in [0, 0.1) is 6.92 Å². The highest BCUT2D eigenvalue weighted by Gasteiger charge is 1.86. The summed E-state index contributed by atoms with van der Waals surface area (Å²) < 4.78 is 1.97. The number of carbonyl (C=O) groups excluding carboxylic acids is 1. The number of aryl methyl sites for hydroxylation is 1. The molecule has 0 unspecified atom stereocenters. The quantitative estimate of drug-likeness (QED) is 0.583. The Kier molecular flexibility index (Phi) is 5.10. The SMILES string of the molecule is Cc1cccc(C=O)c1.In1cccc1. The van der Waals surface area contributed by atoms with Crippen molar-refractivity contribution in [2.75, 3.05) is 0 Å². The van der Waals surface area contributed by atoms with Crippen molar-refractivity contribution in [3.63, 3.8) is 0 Å². The van der Waals surface area contributed by atoms with Crippen LogP contribution in [0.5, 0.6) is 0 Å². The van der Waals surface area contributed by atoms with Gasteiger partial charge in [-0.25, -0.2) is 0 Å². The summed E-state index contributed by atoms with van der Waals surface area (Å²) in [6.07, 6.45) is 4.83. The van der Waals surface area contributed by atoms with E-state index in [1.165, 1.54) is 0 Å². The number of aldehydes is 1. The third-order valence-electron chi connectivity index (χ3n) is 1.75. The lowest BCUT2D eigenvalue weighted by Gasteiger charge is -1.89. The Balaban J connectivity index is 0.000000162. The second-order valence-electron chi connectivity index (χ2n) is 3.06. The summed E-state index contributed by atoms with van der Waals surface area (Å²) in [5.74, 6) is 0. The van der Waals surface area contributed by atoms with Gasteiger partial charge in [0.15, 0.2) is 0 Å². The number of benzene rings is 1. The highest BCUT2D eigenvalue weighted by molar-refractivity contribution is 14.1. The van der Waals surface area contributed by atoms with Gasteiger partial charge in [0.1, 0.15) is 6.29 Å². The Bertz CT molecular complexity index is 409. The Hall–Kier alpha value is -1.10. The summed E-state index contributed by atoms with van der Waals surface area (Å²) in [6, 6.07) is 11.5. The largest absolute Gasteiger partial charge is 0.298 e. The third kappa shape index (κ3) is 4.78. The molecular weight excluding hydrogens is 301 g/mol. The van der Waals surface area contributed by atoms with Crippen molar-refractivity contribution in [2.45, 2.75) is 6.92 Å². The van der Waals surface area contributed by atoms with Crippen molar-refractivity contribution in [2.24, 2.45) is 0 Å². The molecule has 0 atom stereocenters. The summed E-state index contributed by atoms with van der Waals surface area (Å²) in [7, 11) is 0. The molecule has 1 aromatic heterocycles. The molecule has 2 nitrogen and oxygen atoms in total. The van der Waals surface area contributed by atoms with Gasteiger partial charge in [0.25, 0.3) is 0 Å². The minimum Gasteiger partial charge on any atom is -0.298 e. The maximum atomic E-state index is 10.2. The average Bonchev–Trinajstić information content (AvgIpc) is 2.70. The van der Waals surface area contributed by atoms with E-state index in [2.05, 4.69) is 22.9 Å². The lowest BCUT2D eigenvalue weighted by atomic mass is 10.2. The first-order valence-electron chi connectivity index (χ1n) is 4.53. The first-order chi connectivity index (χ1) is 7.22. The van der Waals surface area contributed by atoms with Crippen LogP contribution in [0.4, 0.5) is 0 Å². The van der Waals surface area contributed by atoms with Gasteiger partial charge in [-0.1, -0.05) is 23.8 Å². The molecule has 0 aliphatic carbocycles. The van der Waals surface area contributed by atoms with Gasteiger partial charge in [-0.15, -0.1) is 0 Å². The molecule has 0 radical (unpaired) electrons. The van der Waals surface area contributed by atoms with Gasteiger partial charge < -0.3 is 0 Å². The van der Waals surface area contributed by atoms with Crippen molar-refractivity contribution in [3.05, 3.63) is 59.9 Å². The monoisotopic (exact) mass is 313 g/mol. The number of rotatable bonds is 1. The highest BCUT2D eigenvalue weighted by Crippen LogP contribution is 1.99. The maximum absolute atomic E-state index is 10.2. The zero-order chi connectivity index (χ0) is 11.1. The molecule has 78 valence electrons. The van der Waals surface area contributed by atoms with Crippen LogP contribution in [0.15, 0.2) is 48.8 Å². The first kappa shape index (κ1) is 12.0. The lowest BCUT2D eigenvalue weighted by Crippen LogP contribution is -1.78. The highest BCUT2D eigenvalue weighted by atomic mass is 127. The van der Waals surface area contributed by atoms with Gasteiger partial charge in [0.05, 0.1) is 22.9 Å². The molecule has 0 aliphatic rings. The molecule has 0 N–H and O–H groups in total. The van der Waals surface area contributed by atoms with E-state index in [4.69, 9.17) is 0 Å². The number of aromatic nitrogens is 1. The van der Waals surface area contributed by atoms with Crippen molar-refractivity contribution in [1.29, 1.82) is 0 Å². The van der Waals surface area contributed by atoms with Crippen molar-refractivity contribution in [1.82, 2.24) is 2.78 Å². The van der Waals surface area contributed by atoms with Crippen molar-refractivity contribution in [3.8, 4) is 0 Å². The fraction of sp³-hybridized carbons (Fsp3) is 0.0833. The molecule has 0 amide bonds. The van der Waals surface area contributed by atoms with E-state index < -0.39 is 0 Å². The smallest absolute Gasteiger partial charge is 0.150 e. The summed E-state index contributed by atoms with van der Waals surface area (Å²) in [5.41, 5.74) is 1.87. The Morgan fingerprint density at radius 1 is 1.20 bits per heavy atom. The molecule has 0 spiro atoms. The first-order valence-corrected chi connectivity index (χ1v) is 5.50. The molecule has 0 fully saturated rings. The molecule has 1 heterocycles. The summed E-state index contributed by atoms with van der Waals surface area (Å²) in [6.45, 7) is 1.97. The standard InChI is InChI=1S/C8H8O.C4H4IN/c1-7-3-2-4-8(5-7)6-9;5-6-3-1-2-4-6/h2-6H,1H3;1-4H. The molecular formula is C12H12INO. The van der Waals surface area contributed by atoms with Gasteiger partial charge in [-0.05, 0) is 25.1 Å². The second kappa shape index (κ2) is 6.40. The van der Waals surface area contributed by atoms with Crippen molar-refractivity contribution >= 4 is 29.2 Å². The predicted molar refractivity (Wildman–Crippen MR) is 70.4 cm³/mol. The number of nitrogens with zero attached hydrogens (tertiary/aromatic N) is 1. The van der Waals surface area contributed by atoms with Crippen LogP contribution in [0.1, 0.15) is 15.9 Å². The van der Waals surface area contributed by atoms with Gasteiger partial charge in [0.2, 0.25) is 0 Å². The molecule has 1 aromatic carbocycles. The average molecular weight is 313 g/mol. The molecule has 3 heteroatoms. The van der Waals surface area contributed by atoms with E-state index in [9.17, 15) is 4.79 Å². The van der Waals surface area contributed by atoms with Crippen LogP contribution in [0.25, 0.3) is 0 Å². The van der Waals surface area contributed by atoms with Crippen LogP contribution in [-0.2, 0) is 0 Å². The van der Waals surface area contributed by atoms with E-state index in [1.54, 1.807) is 6.07 Å². The molecule has 0 aliphatic heterocycles. The number of hydrogen-bond donors (Lipinski definition) is 0. The Morgan fingerprint density at radius 3 is 2.20 bits per heavy atom. The van der Waals surface area contributed by atoms with Crippen LogP contribution in [0.3, 0.4) is 0 Å². The van der Waals surface area contributed by atoms with Crippen LogP contribution >= 0.6 is 22.9 Å². The number of carbonyl (C=O) groups is 1. The lowest BCUT2D eigenvalue weighted by molar-refractivity contribution is 0.112. The second-order valence-corrected chi connectivity index (χ2v) is 4.17. The van der Waals surface area contributed by atoms with Gasteiger partial charge in [0, 0.05) is 18.0 Å². The zero-order valence-electron chi connectivity index (χ0n) is 8.43. The number of halogens is 1. The van der Waals surface area contributed by atoms with E-state index in [0.29, 0.717) is 0 Å². The van der Waals surface area contributed by atoms with Crippen LogP contribution in [-0.4, -0.2) is 9.07 Å². The van der Waals surface area contributed by atoms with Crippen LogP contribution < -0.4 is 0 Å². The number of hydrogen-bond acceptors (Lipinski definition) is 1. The molecule has 15 heavy (non-hydrogen) atoms. The molecule has 2 aromatic rings. The maximum Gasteiger partial charge on any atom is 0.150 e. The third-order valence-corrected chi connectivity index (χ3v) is 2.39. The fourth-order valence-corrected chi connectivity index (χ4v) is 1.43. The predicted octanol–water partition coefficient (Wildman–Crippen LogP) is 3.49. The van der Waals surface area contributed by atoms with E-state index >= 15 is 0 Å². The Morgan fingerprint density at radius 2 is 1.87 bits per heavy atom. The molecule has 0 saturated carbocycles. The van der Waals surface area contributed by atoms with E-state index in [1.807, 2.05) is 52.4 Å². The van der Waals surface area contributed by atoms with Gasteiger partial charge in [-0.2, -0.15) is 0 Å². The summed E-state index contributed by atoms with van der Waals surface area (Å²) in [4.78, 5) is 10.2. The summed E-state index contributed by atoms with van der Waals surface area (Å²) >= 11 is 2.19. The normalized spacial score (nSPS) is 8.93. The minimum absolute atomic E-state index is 0.745. The Labute approximate surface area is 103 Å². The zero-order valence-corrected chi connectivity index (χ0v) is 10.6. The minimum atomic E-state index is 0.745. The molecule has 0 saturated heterocycles. The topological polar surface area (TPSA) is 22.0 Å². The summed E-state index contributed by atoms with van der Waals surface area (Å²) in [5, 5.41) is 0. The van der Waals surface area contributed by atoms with Gasteiger partial charge >= 0.3 is 0 Å². The van der Waals surface area contributed by atoms with Gasteiger partial charge in [-0.3, -0.25) is 7.58 Å².